The maximum Gasteiger partial charge on any atom is 0.416 e. The highest BCUT2D eigenvalue weighted by atomic mass is 32.3. The van der Waals surface area contributed by atoms with Gasteiger partial charge in [0.15, 0.2) is 6.61 Å². The maximum absolute atomic E-state index is 13.2. The molecule has 8 nitrogen and oxygen atoms in total. The second-order valence-corrected chi connectivity index (χ2v) is 8.47. The van der Waals surface area contributed by atoms with E-state index in [1.807, 2.05) is 0 Å². The van der Waals surface area contributed by atoms with Crippen molar-refractivity contribution in [3.63, 3.8) is 0 Å². The highest BCUT2D eigenvalue weighted by molar-refractivity contribution is 8.25. The Labute approximate surface area is 165 Å². The van der Waals surface area contributed by atoms with Crippen molar-refractivity contribution in [1.29, 1.82) is 0 Å². The number of carbonyl (C=O) groups is 1. The Morgan fingerprint density at radius 2 is 2.03 bits per heavy atom. The molecule has 29 heavy (non-hydrogen) atoms. The molecule has 2 aromatic rings. The van der Waals surface area contributed by atoms with Gasteiger partial charge in [-0.2, -0.15) is 13.2 Å². The van der Waals surface area contributed by atoms with Crippen molar-refractivity contribution in [3.8, 4) is 16.9 Å². The van der Waals surface area contributed by atoms with Gasteiger partial charge in [-0.15, -0.1) is 10.8 Å². The zero-order valence-corrected chi connectivity index (χ0v) is 16.0. The van der Waals surface area contributed by atoms with Gasteiger partial charge < -0.3 is 9.84 Å². The van der Waals surface area contributed by atoms with Crippen LogP contribution in [0.5, 0.6) is 5.75 Å². The third-order valence-electron chi connectivity index (χ3n) is 4.27. The topological polar surface area (TPSA) is 116 Å². The van der Waals surface area contributed by atoms with Gasteiger partial charge in [0.25, 0.3) is 0 Å². The predicted octanol–water partition coefficient (Wildman–Crippen LogP) is 3.81. The first-order valence-corrected chi connectivity index (χ1v) is 10.1. The van der Waals surface area contributed by atoms with E-state index < -0.39 is 35.1 Å². The summed E-state index contributed by atoms with van der Waals surface area (Å²) in [5, 5.41) is 8.80. The first-order chi connectivity index (χ1) is 13.5. The van der Waals surface area contributed by atoms with Crippen LogP contribution < -0.4 is 9.04 Å². The average molecular weight is 433 g/mol. The molecule has 0 saturated carbocycles. The zero-order chi connectivity index (χ0) is 21.4. The second-order valence-electron chi connectivity index (χ2n) is 6.35. The number of hydrogen-bond donors (Lipinski definition) is 3. The fraction of sp³-hybridized carbons (Fsp3) is 0.353. The minimum Gasteiger partial charge on any atom is -0.481 e. The summed E-state index contributed by atoms with van der Waals surface area (Å²) in [6.07, 6.45) is -2.80. The number of hydrogen-bond acceptors (Lipinski definition) is 7. The summed E-state index contributed by atoms with van der Waals surface area (Å²) in [4.78, 5) is 19.1. The van der Waals surface area contributed by atoms with Crippen LogP contribution in [0.3, 0.4) is 0 Å². The van der Waals surface area contributed by atoms with Crippen LogP contribution in [0.4, 0.5) is 19.1 Å². The van der Waals surface area contributed by atoms with Gasteiger partial charge in [0, 0.05) is 23.9 Å². The number of rotatable bonds is 5. The van der Waals surface area contributed by atoms with Crippen LogP contribution in [-0.2, 0) is 11.0 Å². The number of aromatic nitrogens is 2. The van der Waals surface area contributed by atoms with Crippen molar-refractivity contribution in [2.24, 2.45) is 0 Å². The summed E-state index contributed by atoms with van der Waals surface area (Å²) in [5.74, 6) is -1.09. The van der Waals surface area contributed by atoms with Crippen molar-refractivity contribution in [1.82, 2.24) is 9.97 Å². The molecule has 1 aromatic carbocycles. The van der Waals surface area contributed by atoms with Crippen LogP contribution >= 0.6 is 10.8 Å². The van der Waals surface area contributed by atoms with E-state index in [2.05, 4.69) is 9.97 Å². The first-order valence-electron chi connectivity index (χ1n) is 8.42. The Kier molecular flexibility index (Phi) is 5.61. The molecule has 1 aliphatic heterocycles. The van der Waals surface area contributed by atoms with E-state index in [0.717, 1.165) is 18.2 Å². The van der Waals surface area contributed by atoms with E-state index >= 15 is 0 Å². The Morgan fingerprint density at radius 1 is 1.31 bits per heavy atom. The highest BCUT2D eigenvalue weighted by Gasteiger charge is 2.33. The second kappa shape index (κ2) is 7.69. The molecule has 0 unspecified atom stereocenters. The van der Waals surface area contributed by atoms with E-state index in [1.165, 1.54) is 17.4 Å². The zero-order valence-electron chi connectivity index (χ0n) is 15.2. The molecule has 0 spiro atoms. The van der Waals surface area contributed by atoms with Crippen LogP contribution in [0.1, 0.15) is 17.7 Å². The first kappa shape index (κ1) is 21.1. The smallest absolute Gasteiger partial charge is 0.416 e. The molecule has 0 aliphatic carbocycles. The minimum atomic E-state index is -4.61. The number of carboxylic acid groups (broad SMARTS) is 1. The molecule has 1 saturated heterocycles. The van der Waals surface area contributed by atoms with Crippen molar-refractivity contribution in [2.45, 2.75) is 19.5 Å². The Balaban J connectivity index is 2.04. The number of ether oxygens (including phenoxy) is 1. The fourth-order valence-electron chi connectivity index (χ4n) is 2.91. The monoisotopic (exact) mass is 433 g/mol. The number of halogens is 3. The number of aliphatic carboxylic acids is 1. The van der Waals surface area contributed by atoms with Gasteiger partial charge in [0.05, 0.1) is 17.0 Å². The minimum absolute atomic E-state index is 0.0156. The van der Waals surface area contributed by atoms with Gasteiger partial charge in [-0.3, -0.25) is 9.11 Å². The van der Waals surface area contributed by atoms with Gasteiger partial charge in [-0.1, -0.05) is 0 Å². The molecule has 1 aliphatic rings. The lowest BCUT2D eigenvalue weighted by Crippen LogP contribution is -2.24. The van der Waals surface area contributed by atoms with Crippen LogP contribution in [0, 0.1) is 6.92 Å². The molecule has 158 valence electrons. The number of nitrogens with zero attached hydrogens (tertiary/aromatic N) is 3. The quantitative estimate of drug-likeness (QED) is 0.652. The number of benzene rings is 1. The summed E-state index contributed by atoms with van der Waals surface area (Å²) in [7, 11) is -3.02. The molecule has 0 atom stereocenters. The molecule has 1 fully saturated rings. The third-order valence-corrected chi connectivity index (χ3v) is 6.16. The third kappa shape index (κ3) is 4.54. The summed E-state index contributed by atoms with van der Waals surface area (Å²) in [6, 6.07) is 2.68. The Bertz CT molecular complexity index is 939. The number of carboxylic acids is 1. The van der Waals surface area contributed by atoms with Crippen molar-refractivity contribution in [3.05, 3.63) is 35.7 Å². The van der Waals surface area contributed by atoms with Gasteiger partial charge in [-0.25, -0.2) is 19.1 Å². The summed E-state index contributed by atoms with van der Waals surface area (Å²) in [5.41, 5.74) is -0.474. The van der Waals surface area contributed by atoms with Gasteiger partial charge in [-0.05, 0) is 31.5 Å². The predicted molar refractivity (Wildman–Crippen MR) is 100 cm³/mol. The SMILES string of the molecule is Cc1nc(N2CCCS2(O)O)ncc1-c1cc(C(F)(F)F)ccc1OCC(=O)O. The molecule has 0 radical (unpaired) electrons. The molecule has 3 rings (SSSR count). The summed E-state index contributed by atoms with van der Waals surface area (Å²) < 4.78 is 66.0. The van der Waals surface area contributed by atoms with Crippen LogP contribution in [0.25, 0.3) is 11.1 Å². The lowest BCUT2D eigenvalue weighted by Gasteiger charge is -2.36. The highest BCUT2D eigenvalue weighted by Crippen LogP contribution is 2.50. The Morgan fingerprint density at radius 3 is 2.59 bits per heavy atom. The molecule has 0 bridgehead atoms. The van der Waals surface area contributed by atoms with E-state index in [0.29, 0.717) is 13.0 Å². The normalized spacial score (nSPS) is 17.2. The average Bonchev–Trinajstić information content (AvgIpc) is 2.98. The van der Waals surface area contributed by atoms with E-state index in [-0.39, 0.29) is 34.3 Å². The largest absolute Gasteiger partial charge is 0.481 e. The number of aryl methyl sites for hydroxylation is 1. The molecule has 1 aromatic heterocycles. The molecule has 12 heteroatoms. The van der Waals surface area contributed by atoms with E-state index in [1.54, 1.807) is 0 Å². The van der Waals surface area contributed by atoms with Crippen molar-refractivity contribution < 1.29 is 36.9 Å². The molecular weight excluding hydrogens is 415 g/mol. The Hall–Kier alpha value is -2.57. The lowest BCUT2D eigenvalue weighted by atomic mass is 10.0. The van der Waals surface area contributed by atoms with Crippen molar-refractivity contribution in [2.75, 3.05) is 23.2 Å². The summed E-state index contributed by atoms with van der Waals surface area (Å²) in [6.45, 7) is 1.15. The van der Waals surface area contributed by atoms with Gasteiger partial charge in [0.1, 0.15) is 5.75 Å². The van der Waals surface area contributed by atoms with Crippen molar-refractivity contribution >= 4 is 22.7 Å². The molecule has 3 N–H and O–H groups in total. The van der Waals surface area contributed by atoms with E-state index in [9.17, 15) is 27.1 Å². The van der Waals surface area contributed by atoms with E-state index in [4.69, 9.17) is 9.84 Å². The lowest BCUT2D eigenvalue weighted by molar-refractivity contribution is -0.140. The standard InChI is InChI=1S/C17H18F3N3O5S/c1-10-13(8-21-16(22-10)23-5-2-6-29(23,26)27)12-7-11(17(18,19)20)3-4-14(12)28-9-15(24)25/h3-4,7-8,26-27H,2,5-6,9H2,1H3,(H,24,25). The summed E-state index contributed by atoms with van der Waals surface area (Å²) >= 11 is 0. The molecule has 0 amide bonds. The van der Waals surface area contributed by atoms with Crippen LogP contribution in [0.15, 0.2) is 24.4 Å². The van der Waals surface area contributed by atoms with Gasteiger partial charge in [0.2, 0.25) is 5.95 Å². The van der Waals surface area contributed by atoms with Crippen LogP contribution in [-0.4, -0.2) is 49.1 Å². The van der Waals surface area contributed by atoms with Gasteiger partial charge >= 0.3 is 12.1 Å². The number of anilines is 1. The molecular formula is C17H18F3N3O5S. The fourth-order valence-corrected chi connectivity index (χ4v) is 4.42. The molecule has 2 heterocycles. The van der Waals surface area contributed by atoms with Crippen LogP contribution in [0.2, 0.25) is 0 Å². The number of alkyl halides is 3. The maximum atomic E-state index is 13.2.